The van der Waals surface area contributed by atoms with Gasteiger partial charge in [0.05, 0.1) is 6.10 Å². The first-order valence-corrected chi connectivity index (χ1v) is 5.90. The van der Waals surface area contributed by atoms with Crippen molar-refractivity contribution in [2.75, 3.05) is 0 Å². The predicted octanol–water partition coefficient (Wildman–Crippen LogP) is 3.01. The summed E-state index contributed by atoms with van der Waals surface area (Å²) in [6.45, 7) is 4.26. The van der Waals surface area contributed by atoms with E-state index < -0.39 is 0 Å². The van der Waals surface area contributed by atoms with Gasteiger partial charge in [-0.3, -0.25) is 0 Å². The van der Waals surface area contributed by atoms with Gasteiger partial charge in [-0.1, -0.05) is 31.0 Å². The van der Waals surface area contributed by atoms with E-state index in [1.165, 1.54) is 29.5 Å². The van der Waals surface area contributed by atoms with Crippen molar-refractivity contribution in [3.8, 4) is 0 Å². The first-order chi connectivity index (χ1) is 7.16. The lowest BCUT2D eigenvalue weighted by Crippen LogP contribution is -2.13. The van der Waals surface area contributed by atoms with E-state index >= 15 is 0 Å². The van der Waals surface area contributed by atoms with Gasteiger partial charge < -0.3 is 5.11 Å². The highest BCUT2D eigenvalue weighted by atomic mass is 16.3. The third-order valence-corrected chi connectivity index (χ3v) is 3.39. The first-order valence-electron chi connectivity index (χ1n) is 5.90. The highest BCUT2D eigenvalue weighted by Crippen LogP contribution is 2.34. The minimum absolute atomic E-state index is 0.141. The fourth-order valence-corrected chi connectivity index (χ4v) is 2.23. The summed E-state index contributed by atoms with van der Waals surface area (Å²) in [7, 11) is 0. The lowest BCUT2D eigenvalue weighted by Gasteiger charge is -2.14. The Labute approximate surface area is 92.1 Å². The molecule has 0 bridgehead atoms. The third kappa shape index (κ3) is 2.82. The Bertz CT molecular complexity index is 319. The Morgan fingerprint density at radius 2 is 1.87 bits per heavy atom. The summed E-state index contributed by atoms with van der Waals surface area (Å²) in [6.07, 6.45) is 4.33. The SMILES string of the molecule is Cc1cccc(C)c1CC(O)CC1CC1. The molecule has 1 fully saturated rings. The van der Waals surface area contributed by atoms with Gasteiger partial charge in [0.1, 0.15) is 0 Å². The van der Waals surface area contributed by atoms with E-state index in [-0.39, 0.29) is 6.10 Å². The molecule has 1 nitrogen and oxygen atoms in total. The van der Waals surface area contributed by atoms with Gasteiger partial charge in [0.15, 0.2) is 0 Å². The Kier molecular flexibility index (Phi) is 3.11. The molecular formula is C14H20O. The zero-order valence-electron chi connectivity index (χ0n) is 9.66. The van der Waals surface area contributed by atoms with Gasteiger partial charge in [-0.25, -0.2) is 0 Å². The largest absolute Gasteiger partial charge is 0.393 e. The summed E-state index contributed by atoms with van der Waals surface area (Å²) in [5.41, 5.74) is 3.96. The summed E-state index contributed by atoms with van der Waals surface area (Å²) in [5.74, 6) is 0.810. The number of aryl methyl sites for hydroxylation is 2. The quantitative estimate of drug-likeness (QED) is 0.799. The van der Waals surface area contributed by atoms with Gasteiger partial charge in [0.2, 0.25) is 0 Å². The summed E-state index contributed by atoms with van der Waals surface area (Å²) in [5, 5.41) is 9.96. The maximum absolute atomic E-state index is 9.96. The van der Waals surface area contributed by atoms with Crippen molar-refractivity contribution in [2.24, 2.45) is 5.92 Å². The van der Waals surface area contributed by atoms with Gasteiger partial charge in [-0.05, 0) is 49.3 Å². The Balaban J connectivity index is 2.01. The smallest absolute Gasteiger partial charge is 0.0583 e. The van der Waals surface area contributed by atoms with Crippen molar-refractivity contribution < 1.29 is 5.11 Å². The molecule has 0 aromatic heterocycles. The van der Waals surface area contributed by atoms with Crippen LogP contribution >= 0.6 is 0 Å². The fraction of sp³-hybridized carbons (Fsp3) is 0.571. The van der Waals surface area contributed by atoms with E-state index in [4.69, 9.17) is 0 Å². The molecule has 1 aliphatic carbocycles. The average Bonchev–Trinajstić information content (AvgIpc) is 2.95. The molecule has 82 valence electrons. The number of hydrogen-bond acceptors (Lipinski definition) is 1. The lowest BCUT2D eigenvalue weighted by molar-refractivity contribution is 0.157. The number of hydrogen-bond donors (Lipinski definition) is 1. The van der Waals surface area contributed by atoms with E-state index in [0.717, 1.165) is 18.8 Å². The highest BCUT2D eigenvalue weighted by Gasteiger charge is 2.24. The van der Waals surface area contributed by atoms with Crippen molar-refractivity contribution >= 4 is 0 Å². The number of aliphatic hydroxyl groups is 1. The molecule has 15 heavy (non-hydrogen) atoms. The van der Waals surface area contributed by atoms with Gasteiger partial charge in [0.25, 0.3) is 0 Å². The van der Waals surface area contributed by atoms with Crippen molar-refractivity contribution in [2.45, 2.75) is 45.6 Å². The van der Waals surface area contributed by atoms with Gasteiger partial charge in [-0.2, -0.15) is 0 Å². The van der Waals surface area contributed by atoms with E-state index in [2.05, 4.69) is 32.0 Å². The van der Waals surface area contributed by atoms with Crippen LogP contribution in [0, 0.1) is 19.8 Å². The topological polar surface area (TPSA) is 20.2 Å². The number of benzene rings is 1. The van der Waals surface area contributed by atoms with Crippen LogP contribution in [0.1, 0.15) is 36.0 Å². The summed E-state index contributed by atoms with van der Waals surface area (Å²) in [6, 6.07) is 6.35. The van der Waals surface area contributed by atoms with E-state index in [1.54, 1.807) is 0 Å². The van der Waals surface area contributed by atoms with E-state index in [0.29, 0.717) is 0 Å². The minimum atomic E-state index is -0.141. The van der Waals surface area contributed by atoms with Crippen LogP contribution in [0.3, 0.4) is 0 Å². The lowest BCUT2D eigenvalue weighted by atomic mass is 9.96. The Morgan fingerprint density at radius 3 is 2.40 bits per heavy atom. The van der Waals surface area contributed by atoms with Crippen molar-refractivity contribution in [3.05, 3.63) is 34.9 Å². The van der Waals surface area contributed by atoms with E-state index in [9.17, 15) is 5.11 Å². The number of aliphatic hydroxyl groups excluding tert-OH is 1. The molecule has 0 aliphatic heterocycles. The van der Waals surface area contributed by atoms with Crippen LogP contribution in [-0.4, -0.2) is 11.2 Å². The standard InChI is InChI=1S/C14H20O/c1-10-4-3-5-11(2)14(10)9-13(15)8-12-6-7-12/h3-5,12-13,15H,6-9H2,1-2H3. The summed E-state index contributed by atoms with van der Waals surface area (Å²) >= 11 is 0. The third-order valence-electron chi connectivity index (χ3n) is 3.39. The molecular weight excluding hydrogens is 184 g/mol. The van der Waals surface area contributed by atoms with Crippen LogP contribution < -0.4 is 0 Å². The maximum Gasteiger partial charge on any atom is 0.0583 e. The van der Waals surface area contributed by atoms with Crippen molar-refractivity contribution in [1.82, 2.24) is 0 Å². The van der Waals surface area contributed by atoms with Crippen LogP contribution in [0.15, 0.2) is 18.2 Å². The first kappa shape index (κ1) is 10.7. The highest BCUT2D eigenvalue weighted by molar-refractivity contribution is 5.33. The van der Waals surface area contributed by atoms with Crippen molar-refractivity contribution in [1.29, 1.82) is 0 Å². The molecule has 1 heteroatoms. The molecule has 0 amide bonds. The van der Waals surface area contributed by atoms with Crippen LogP contribution in [-0.2, 0) is 6.42 Å². The fourth-order valence-electron chi connectivity index (χ4n) is 2.23. The average molecular weight is 204 g/mol. The molecule has 0 radical (unpaired) electrons. The normalized spacial score (nSPS) is 17.8. The molecule has 1 aromatic rings. The molecule has 0 saturated heterocycles. The Hall–Kier alpha value is -0.820. The second-order valence-corrected chi connectivity index (χ2v) is 4.91. The van der Waals surface area contributed by atoms with Crippen LogP contribution in [0.4, 0.5) is 0 Å². The molecule has 1 aromatic carbocycles. The predicted molar refractivity (Wildman–Crippen MR) is 63.0 cm³/mol. The summed E-state index contributed by atoms with van der Waals surface area (Å²) < 4.78 is 0. The van der Waals surface area contributed by atoms with Gasteiger partial charge in [0, 0.05) is 0 Å². The second-order valence-electron chi connectivity index (χ2n) is 4.91. The molecule has 2 rings (SSSR count). The summed E-state index contributed by atoms with van der Waals surface area (Å²) in [4.78, 5) is 0. The Morgan fingerprint density at radius 1 is 1.27 bits per heavy atom. The molecule has 0 heterocycles. The van der Waals surface area contributed by atoms with Crippen LogP contribution in [0.25, 0.3) is 0 Å². The second kappa shape index (κ2) is 4.36. The monoisotopic (exact) mass is 204 g/mol. The molecule has 1 N–H and O–H groups in total. The molecule has 1 atom stereocenters. The zero-order chi connectivity index (χ0) is 10.8. The minimum Gasteiger partial charge on any atom is -0.393 e. The maximum atomic E-state index is 9.96. The van der Waals surface area contributed by atoms with Crippen LogP contribution in [0.5, 0.6) is 0 Å². The zero-order valence-corrected chi connectivity index (χ0v) is 9.66. The number of rotatable bonds is 4. The van der Waals surface area contributed by atoms with Gasteiger partial charge in [-0.15, -0.1) is 0 Å². The molecule has 1 aliphatic rings. The molecule has 0 spiro atoms. The van der Waals surface area contributed by atoms with Crippen molar-refractivity contribution in [3.63, 3.8) is 0 Å². The molecule has 1 unspecified atom stereocenters. The van der Waals surface area contributed by atoms with E-state index in [1.807, 2.05) is 0 Å². The van der Waals surface area contributed by atoms with Gasteiger partial charge >= 0.3 is 0 Å². The molecule has 1 saturated carbocycles. The van der Waals surface area contributed by atoms with Crippen LogP contribution in [0.2, 0.25) is 0 Å².